The summed E-state index contributed by atoms with van der Waals surface area (Å²) in [6, 6.07) is 15.2. The Bertz CT molecular complexity index is 946. The van der Waals surface area contributed by atoms with Gasteiger partial charge in [0.1, 0.15) is 0 Å². The molecule has 3 aromatic rings. The molecule has 0 aliphatic heterocycles. The third kappa shape index (κ3) is 3.76. The number of amides is 1. The minimum atomic E-state index is -0.0904. The Labute approximate surface area is 161 Å². The molecule has 1 aromatic heterocycles. The van der Waals surface area contributed by atoms with Crippen LogP contribution in [0.5, 0.6) is 0 Å². The molecule has 1 saturated carbocycles. The van der Waals surface area contributed by atoms with E-state index in [4.69, 9.17) is 23.2 Å². The van der Waals surface area contributed by atoms with Crippen LogP contribution in [-0.4, -0.2) is 16.1 Å². The second kappa shape index (κ2) is 7.14. The lowest BCUT2D eigenvalue weighted by Gasteiger charge is -2.07. The molecule has 132 valence electrons. The first kappa shape index (κ1) is 17.1. The smallest absolute Gasteiger partial charge is 0.229 e. The molecule has 0 atom stereocenters. The van der Waals surface area contributed by atoms with Gasteiger partial charge in [0.05, 0.1) is 16.5 Å². The fourth-order valence-corrected chi connectivity index (χ4v) is 3.32. The van der Waals surface area contributed by atoms with Gasteiger partial charge in [-0.05, 0) is 30.0 Å². The summed E-state index contributed by atoms with van der Waals surface area (Å²) >= 11 is 12.3. The number of aromatic nitrogens is 2. The standard InChI is InChI=1S/C20H17Cl2N3O/c21-16-3-1-2-15(20(16)22)13-6-4-12(5-7-13)10-19(26)23-18-11-17(24-25-18)14-8-9-14/h1-7,11,14H,8-10H2,(H2,23,24,25,26). The fraction of sp³-hybridized carbons (Fsp3) is 0.200. The van der Waals surface area contributed by atoms with E-state index >= 15 is 0 Å². The van der Waals surface area contributed by atoms with E-state index in [0.717, 1.165) is 22.4 Å². The summed E-state index contributed by atoms with van der Waals surface area (Å²) in [6.45, 7) is 0. The topological polar surface area (TPSA) is 57.8 Å². The molecule has 0 radical (unpaired) electrons. The lowest BCUT2D eigenvalue weighted by molar-refractivity contribution is -0.115. The number of aromatic amines is 1. The minimum Gasteiger partial charge on any atom is -0.309 e. The third-order valence-corrected chi connectivity index (χ3v) is 5.28. The second-order valence-corrected chi connectivity index (χ2v) is 7.29. The Morgan fingerprint density at radius 2 is 1.92 bits per heavy atom. The number of H-pyrrole nitrogens is 1. The number of carbonyl (C=O) groups is 1. The Hall–Kier alpha value is -2.30. The second-order valence-electron chi connectivity index (χ2n) is 6.51. The van der Waals surface area contributed by atoms with Crippen LogP contribution in [0.25, 0.3) is 11.1 Å². The third-order valence-electron chi connectivity index (χ3n) is 4.46. The molecule has 1 amide bonds. The number of hydrogen-bond acceptors (Lipinski definition) is 2. The molecule has 0 spiro atoms. The maximum absolute atomic E-state index is 12.2. The van der Waals surface area contributed by atoms with Crippen molar-refractivity contribution in [3.8, 4) is 11.1 Å². The SMILES string of the molecule is O=C(Cc1ccc(-c2cccc(Cl)c2Cl)cc1)Nc1cc(C2CC2)[nH]n1. The quantitative estimate of drug-likeness (QED) is 0.613. The molecule has 26 heavy (non-hydrogen) atoms. The highest BCUT2D eigenvalue weighted by Gasteiger charge is 2.25. The zero-order valence-electron chi connectivity index (χ0n) is 13.9. The van der Waals surface area contributed by atoms with E-state index < -0.39 is 0 Å². The first-order chi connectivity index (χ1) is 12.6. The zero-order chi connectivity index (χ0) is 18.1. The van der Waals surface area contributed by atoms with Gasteiger partial charge in [-0.3, -0.25) is 9.89 Å². The highest BCUT2D eigenvalue weighted by atomic mass is 35.5. The Kier molecular flexibility index (Phi) is 4.70. The summed E-state index contributed by atoms with van der Waals surface area (Å²) in [5.41, 5.74) is 3.85. The molecule has 0 unspecified atom stereocenters. The van der Waals surface area contributed by atoms with Crippen LogP contribution in [-0.2, 0) is 11.2 Å². The molecule has 1 heterocycles. The van der Waals surface area contributed by atoms with Crippen molar-refractivity contribution in [3.63, 3.8) is 0 Å². The van der Waals surface area contributed by atoms with Gasteiger partial charge < -0.3 is 5.32 Å². The van der Waals surface area contributed by atoms with Crippen molar-refractivity contribution >= 4 is 34.9 Å². The van der Waals surface area contributed by atoms with Crippen molar-refractivity contribution in [2.75, 3.05) is 5.32 Å². The number of hydrogen-bond donors (Lipinski definition) is 2. The van der Waals surface area contributed by atoms with Gasteiger partial charge in [0.2, 0.25) is 5.91 Å². The summed E-state index contributed by atoms with van der Waals surface area (Å²) in [6.07, 6.45) is 2.67. The minimum absolute atomic E-state index is 0.0904. The van der Waals surface area contributed by atoms with Crippen LogP contribution in [0.15, 0.2) is 48.5 Å². The van der Waals surface area contributed by atoms with Crippen molar-refractivity contribution in [1.29, 1.82) is 0 Å². The van der Waals surface area contributed by atoms with Crippen molar-refractivity contribution in [2.24, 2.45) is 0 Å². The van der Waals surface area contributed by atoms with Gasteiger partial charge >= 0.3 is 0 Å². The summed E-state index contributed by atoms with van der Waals surface area (Å²) in [5.74, 6) is 1.07. The van der Waals surface area contributed by atoms with Gasteiger partial charge in [-0.2, -0.15) is 5.10 Å². The van der Waals surface area contributed by atoms with E-state index in [1.807, 2.05) is 42.5 Å². The molecular formula is C20H17Cl2N3O. The zero-order valence-corrected chi connectivity index (χ0v) is 15.4. The summed E-state index contributed by atoms with van der Waals surface area (Å²) in [5, 5.41) is 11.0. The van der Waals surface area contributed by atoms with Crippen molar-refractivity contribution in [3.05, 3.63) is 69.8 Å². The first-order valence-electron chi connectivity index (χ1n) is 8.48. The van der Waals surface area contributed by atoms with Gasteiger partial charge in [-0.1, -0.05) is 59.6 Å². The Morgan fingerprint density at radius 1 is 1.15 bits per heavy atom. The average Bonchev–Trinajstić information content (AvgIpc) is 3.38. The van der Waals surface area contributed by atoms with Crippen LogP contribution < -0.4 is 5.32 Å². The van der Waals surface area contributed by atoms with Gasteiger partial charge in [0.25, 0.3) is 0 Å². The number of nitrogens with one attached hydrogen (secondary N) is 2. The van der Waals surface area contributed by atoms with Gasteiger partial charge in [-0.25, -0.2) is 0 Å². The summed E-state index contributed by atoms with van der Waals surface area (Å²) < 4.78 is 0. The van der Waals surface area contributed by atoms with Gasteiger partial charge in [-0.15, -0.1) is 0 Å². The van der Waals surface area contributed by atoms with Crippen LogP contribution in [0.3, 0.4) is 0 Å². The molecule has 2 N–H and O–H groups in total. The van der Waals surface area contributed by atoms with Crippen LogP contribution in [0.2, 0.25) is 10.0 Å². The van der Waals surface area contributed by atoms with Gasteiger partial charge in [0, 0.05) is 23.2 Å². The van der Waals surface area contributed by atoms with E-state index in [2.05, 4.69) is 15.5 Å². The predicted octanol–water partition coefficient (Wildman–Crippen LogP) is 5.44. The Balaban J connectivity index is 1.41. The number of nitrogens with zero attached hydrogens (tertiary/aromatic N) is 1. The van der Waals surface area contributed by atoms with Crippen LogP contribution in [0.1, 0.15) is 30.0 Å². The van der Waals surface area contributed by atoms with E-state index in [1.165, 1.54) is 12.8 Å². The molecular weight excluding hydrogens is 369 g/mol. The van der Waals surface area contributed by atoms with E-state index in [-0.39, 0.29) is 12.3 Å². The maximum atomic E-state index is 12.2. The van der Waals surface area contributed by atoms with Crippen LogP contribution in [0.4, 0.5) is 5.82 Å². The van der Waals surface area contributed by atoms with E-state index in [0.29, 0.717) is 21.8 Å². The van der Waals surface area contributed by atoms with E-state index in [1.54, 1.807) is 6.07 Å². The predicted molar refractivity (Wildman–Crippen MR) is 105 cm³/mol. The summed E-state index contributed by atoms with van der Waals surface area (Å²) in [4.78, 5) is 12.2. The number of halogens is 2. The van der Waals surface area contributed by atoms with Crippen molar-refractivity contribution in [2.45, 2.75) is 25.2 Å². The van der Waals surface area contributed by atoms with Gasteiger partial charge in [0.15, 0.2) is 5.82 Å². The molecule has 4 rings (SSSR count). The van der Waals surface area contributed by atoms with Crippen molar-refractivity contribution < 1.29 is 4.79 Å². The fourth-order valence-electron chi connectivity index (χ4n) is 2.91. The lowest BCUT2D eigenvalue weighted by Crippen LogP contribution is -2.14. The number of carbonyl (C=O) groups excluding carboxylic acids is 1. The molecule has 1 fully saturated rings. The highest BCUT2D eigenvalue weighted by Crippen LogP contribution is 2.39. The highest BCUT2D eigenvalue weighted by molar-refractivity contribution is 6.43. The van der Waals surface area contributed by atoms with Crippen molar-refractivity contribution in [1.82, 2.24) is 10.2 Å². The number of benzene rings is 2. The maximum Gasteiger partial charge on any atom is 0.229 e. The molecule has 1 aliphatic rings. The number of anilines is 1. The number of rotatable bonds is 5. The Morgan fingerprint density at radius 3 is 2.65 bits per heavy atom. The molecule has 4 nitrogen and oxygen atoms in total. The first-order valence-corrected chi connectivity index (χ1v) is 9.24. The van der Waals surface area contributed by atoms with E-state index in [9.17, 15) is 4.79 Å². The van der Waals surface area contributed by atoms with Crippen LogP contribution >= 0.6 is 23.2 Å². The lowest BCUT2D eigenvalue weighted by atomic mass is 10.0. The van der Waals surface area contributed by atoms with Crippen LogP contribution in [0, 0.1) is 0 Å². The summed E-state index contributed by atoms with van der Waals surface area (Å²) in [7, 11) is 0. The molecule has 6 heteroatoms. The molecule has 1 aliphatic carbocycles. The monoisotopic (exact) mass is 385 g/mol. The molecule has 0 saturated heterocycles. The molecule has 2 aromatic carbocycles. The normalized spacial score (nSPS) is 13.6. The largest absolute Gasteiger partial charge is 0.309 e. The average molecular weight is 386 g/mol. The molecule has 0 bridgehead atoms.